The first-order chi connectivity index (χ1) is 7.27. The Morgan fingerprint density at radius 1 is 1.47 bits per heavy atom. The summed E-state index contributed by atoms with van der Waals surface area (Å²) in [7, 11) is 0. The average molecular weight is 225 g/mol. The maximum absolute atomic E-state index is 5.96. The molecule has 6 nitrogen and oxygen atoms in total. The molecule has 0 spiro atoms. The Morgan fingerprint density at radius 3 is 3.00 bits per heavy atom. The molecule has 1 aromatic carbocycles. The van der Waals surface area contributed by atoms with Gasteiger partial charge in [0.15, 0.2) is 5.82 Å². The summed E-state index contributed by atoms with van der Waals surface area (Å²) in [5, 5.41) is 17.0. The van der Waals surface area contributed by atoms with Gasteiger partial charge >= 0.3 is 0 Å². The zero-order chi connectivity index (χ0) is 10.7. The lowest BCUT2D eigenvalue weighted by Gasteiger charge is -2.08. The van der Waals surface area contributed by atoms with Crippen LogP contribution in [0.15, 0.2) is 18.2 Å². The molecular weight excluding hydrogens is 216 g/mol. The van der Waals surface area contributed by atoms with E-state index in [1.807, 2.05) is 0 Å². The summed E-state index contributed by atoms with van der Waals surface area (Å²) in [5.41, 5.74) is 7.02. The molecule has 15 heavy (non-hydrogen) atoms. The first-order valence-corrected chi connectivity index (χ1v) is 4.65. The summed E-state index contributed by atoms with van der Waals surface area (Å²) in [6, 6.07) is 5.32. The Morgan fingerprint density at radius 2 is 2.33 bits per heavy atom. The molecule has 78 valence electrons. The standard InChI is InChI=1S/C8H9ClN6/c9-5-2-1-3-6(10)8(5)11-4-7-12-14-15-13-7/h1-3,11H,4,10H2,(H,12,13,14,15). The van der Waals surface area contributed by atoms with Crippen molar-refractivity contribution in [2.45, 2.75) is 6.54 Å². The number of anilines is 2. The van der Waals surface area contributed by atoms with Crippen LogP contribution in [0, 0.1) is 0 Å². The van der Waals surface area contributed by atoms with Gasteiger partial charge in [-0.3, -0.25) is 0 Å². The predicted molar refractivity (Wildman–Crippen MR) is 57.4 cm³/mol. The Labute approximate surface area is 90.8 Å². The van der Waals surface area contributed by atoms with Gasteiger partial charge in [0.25, 0.3) is 0 Å². The van der Waals surface area contributed by atoms with Gasteiger partial charge in [-0.1, -0.05) is 22.9 Å². The highest BCUT2D eigenvalue weighted by Crippen LogP contribution is 2.27. The van der Waals surface area contributed by atoms with Crippen LogP contribution < -0.4 is 11.1 Å². The molecule has 0 saturated carbocycles. The van der Waals surface area contributed by atoms with Crippen molar-refractivity contribution in [3.8, 4) is 0 Å². The zero-order valence-electron chi connectivity index (χ0n) is 7.74. The predicted octanol–water partition coefficient (Wildman–Crippen LogP) is 1.05. The second-order valence-corrected chi connectivity index (χ2v) is 3.29. The van der Waals surface area contributed by atoms with E-state index in [1.165, 1.54) is 0 Å². The molecule has 0 bridgehead atoms. The lowest BCUT2D eigenvalue weighted by atomic mass is 10.2. The lowest BCUT2D eigenvalue weighted by molar-refractivity contribution is 0.881. The average Bonchev–Trinajstić information content (AvgIpc) is 2.70. The van der Waals surface area contributed by atoms with Crippen LogP contribution in [0.3, 0.4) is 0 Å². The fraction of sp³-hybridized carbons (Fsp3) is 0.125. The number of nitrogen functional groups attached to an aromatic ring is 1. The maximum atomic E-state index is 5.96. The lowest BCUT2D eigenvalue weighted by Crippen LogP contribution is -2.04. The third-order valence-electron chi connectivity index (χ3n) is 1.86. The van der Waals surface area contributed by atoms with E-state index in [9.17, 15) is 0 Å². The minimum atomic E-state index is 0.421. The number of halogens is 1. The number of hydrogen-bond acceptors (Lipinski definition) is 5. The third kappa shape index (κ3) is 2.16. The molecule has 1 aromatic heterocycles. The number of aromatic nitrogens is 4. The molecule has 0 amide bonds. The number of benzene rings is 1. The van der Waals surface area contributed by atoms with Crippen LogP contribution >= 0.6 is 11.6 Å². The maximum Gasteiger partial charge on any atom is 0.193 e. The van der Waals surface area contributed by atoms with E-state index in [-0.39, 0.29) is 0 Å². The summed E-state index contributed by atoms with van der Waals surface area (Å²) in [4.78, 5) is 0. The van der Waals surface area contributed by atoms with Crippen molar-refractivity contribution in [2.24, 2.45) is 0 Å². The Hall–Kier alpha value is -1.82. The minimum Gasteiger partial charge on any atom is -0.397 e. The molecule has 0 aliphatic heterocycles. The van der Waals surface area contributed by atoms with Gasteiger partial charge in [-0.25, -0.2) is 0 Å². The Bertz CT molecular complexity index is 420. The summed E-state index contributed by atoms with van der Waals surface area (Å²) in [5.74, 6) is 0.550. The molecule has 0 atom stereocenters. The highest BCUT2D eigenvalue weighted by atomic mass is 35.5. The van der Waals surface area contributed by atoms with E-state index in [4.69, 9.17) is 17.3 Å². The highest BCUT2D eigenvalue weighted by Gasteiger charge is 2.05. The number of nitrogens with zero attached hydrogens (tertiary/aromatic N) is 3. The normalized spacial score (nSPS) is 10.2. The molecule has 2 rings (SSSR count). The van der Waals surface area contributed by atoms with E-state index in [1.54, 1.807) is 18.2 Å². The van der Waals surface area contributed by atoms with E-state index >= 15 is 0 Å². The number of nitrogens with one attached hydrogen (secondary N) is 2. The quantitative estimate of drug-likeness (QED) is 0.678. The molecule has 0 aliphatic rings. The molecule has 7 heteroatoms. The van der Waals surface area contributed by atoms with Crippen molar-refractivity contribution in [3.63, 3.8) is 0 Å². The SMILES string of the molecule is Nc1cccc(Cl)c1NCc1nn[nH]n1. The monoisotopic (exact) mass is 224 g/mol. The van der Waals surface area contributed by atoms with Gasteiger partial charge in [-0.2, -0.15) is 5.21 Å². The summed E-state index contributed by atoms with van der Waals surface area (Å²) >= 11 is 5.96. The molecule has 0 aliphatic carbocycles. The van der Waals surface area contributed by atoms with Crippen LogP contribution in [0.2, 0.25) is 5.02 Å². The van der Waals surface area contributed by atoms with E-state index in [2.05, 4.69) is 25.9 Å². The van der Waals surface area contributed by atoms with E-state index in [0.717, 1.165) is 0 Å². The van der Waals surface area contributed by atoms with Crippen LogP contribution in [-0.2, 0) is 6.54 Å². The Kier molecular flexibility index (Phi) is 2.68. The first-order valence-electron chi connectivity index (χ1n) is 4.27. The number of nitrogens with two attached hydrogens (primary N) is 1. The fourth-order valence-corrected chi connectivity index (χ4v) is 1.40. The molecule has 4 N–H and O–H groups in total. The smallest absolute Gasteiger partial charge is 0.193 e. The molecule has 2 aromatic rings. The molecule has 0 saturated heterocycles. The molecule has 0 unspecified atom stereocenters. The second kappa shape index (κ2) is 4.14. The highest BCUT2D eigenvalue weighted by molar-refractivity contribution is 6.33. The molecule has 1 heterocycles. The molecular formula is C8H9ClN6. The van der Waals surface area contributed by atoms with Gasteiger partial charge in [0.05, 0.1) is 22.9 Å². The summed E-state index contributed by atoms with van der Waals surface area (Å²) < 4.78 is 0. The van der Waals surface area contributed by atoms with Crippen LogP contribution in [-0.4, -0.2) is 20.6 Å². The first kappa shape index (κ1) is 9.72. The second-order valence-electron chi connectivity index (χ2n) is 2.89. The topological polar surface area (TPSA) is 92.5 Å². The van der Waals surface area contributed by atoms with E-state index in [0.29, 0.717) is 28.8 Å². The number of para-hydroxylation sites is 1. The number of tetrazole rings is 1. The molecule has 0 radical (unpaired) electrons. The van der Waals surface area contributed by atoms with Gasteiger partial charge in [-0.15, -0.1) is 10.2 Å². The number of rotatable bonds is 3. The van der Waals surface area contributed by atoms with E-state index < -0.39 is 0 Å². The van der Waals surface area contributed by atoms with Gasteiger partial charge in [0.2, 0.25) is 0 Å². The summed E-state index contributed by atoms with van der Waals surface area (Å²) in [6.45, 7) is 0.421. The van der Waals surface area contributed by atoms with Crippen molar-refractivity contribution < 1.29 is 0 Å². The van der Waals surface area contributed by atoms with Crippen LogP contribution in [0.1, 0.15) is 5.82 Å². The van der Waals surface area contributed by atoms with Crippen LogP contribution in [0.4, 0.5) is 11.4 Å². The van der Waals surface area contributed by atoms with Crippen molar-refractivity contribution in [3.05, 3.63) is 29.0 Å². The number of hydrogen-bond donors (Lipinski definition) is 3. The summed E-state index contributed by atoms with van der Waals surface area (Å²) in [6.07, 6.45) is 0. The Balaban J connectivity index is 2.11. The van der Waals surface area contributed by atoms with Gasteiger partial charge < -0.3 is 11.1 Å². The van der Waals surface area contributed by atoms with Gasteiger partial charge in [0.1, 0.15) is 0 Å². The number of aromatic amines is 1. The van der Waals surface area contributed by atoms with Crippen molar-refractivity contribution >= 4 is 23.0 Å². The third-order valence-corrected chi connectivity index (χ3v) is 2.17. The van der Waals surface area contributed by atoms with Gasteiger partial charge in [-0.05, 0) is 12.1 Å². The largest absolute Gasteiger partial charge is 0.397 e. The molecule has 0 fully saturated rings. The van der Waals surface area contributed by atoms with Crippen molar-refractivity contribution in [2.75, 3.05) is 11.1 Å². The van der Waals surface area contributed by atoms with Crippen LogP contribution in [0.25, 0.3) is 0 Å². The van der Waals surface area contributed by atoms with Crippen molar-refractivity contribution in [1.82, 2.24) is 20.6 Å². The van der Waals surface area contributed by atoms with Gasteiger partial charge in [0, 0.05) is 0 Å². The zero-order valence-corrected chi connectivity index (χ0v) is 8.49. The number of H-pyrrole nitrogens is 1. The van der Waals surface area contributed by atoms with Crippen molar-refractivity contribution in [1.29, 1.82) is 0 Å². The minimum absolute atomic E-state index is 0.421. The fourth-order valence-electron chi connectivity index (χ4n) is 1.15. The van der Waals surface area contributed by atoms with Crippen LogP contribution in [0.5, 0.6) is 0 Å².